The van der Waals surface area contributed by atoms with E-state index >= 15 is 0 Å². The Bertz CT molecular complexity index is 1170. The van der Waals surface area contributed by atoms with Crippen LogP contribution in [-0.4, -0.2) is 14.2 Å². The quantitative estimate of drug-likeness (QED) is 0.296. The van der Waals surface area contributed by atoms with Gasteiger partial charge in [-0.3, -0.25) is 0 Å². The van der Waals surface area contributed by atoms with Gasteiger partial charge < -0.3 is 14.2 Å². The first kappa shape index (κ1) is 21.1. The highest BCUT2D eigenvalue weighted by molar-refractivity contribution is 6.45. The molecule has 0 bridgehead atoms. The van der Waals surface area contributed by atoms with E-state index in [0.29, 0.717) is 21.5 Å². The molecule has 5 heteroatoms. The van der Waals surface area contributed by atoms with Crippen molar-refractivity contribution in [2.75, 3.05) is 14.2 Å². The van der Waals surface area contributed by atoms with Crippen LogP contribution in [0.4, 0.5) is 0 Å². The second-order valence-electron chi connectivity index (χ2n) is 6.77. The van der Waals surface area contributed by atoms with Crippen LogP contribution in [0.2, 0.25) is 10.0 Å². The van der Waals surface area contributed by atoms with E-state index in [0.717, 1.165) is 33.8 Å². The molecule has 0 saturated heterocycles. The molecule has 4 aromatic rings. The third-order valence-corrected chi connectivity index (χ3v) is 5.81. The van der Waals surface area contributed by atoms with Gasteiger partial charge in [-0.2, -0.15) is 0 Å². The summed E-state index contributed by atoms with van der Waals surface area (Å²) in [5.41, 5.74) is 3.27. The maximum atomic E-state index is 6.71. The molecule has 4 aromatic carbocycles. The standard InChI is InChI=1S/C26H20Cl2O3/c1-29-22-9-6-10-23(30-2)24(22)21-16-15-20(25(27)26(21)28)17-11-13-19(14-12-17)31-18-7-4-3-5-8-18/h3-16H,1-2H3. The lowest BCUT2D eigenvalue weighted by Crippen LogP contribution is -1.94. The Morgan fingerprint density at radius 2 is 1.10 bits per heavy atom. The lowest BCUT2D eigenvalue weighted by Gasteiger charge is -2.16. The van der Waals surface area contributed by atoms with Gasteiger partial charge in [-0.1, -0.05) is 71.7 Å². The fraction of sp³-hybridized carbons (Fsp3) is 0.0769. The van der Waals surface area contributed by atoms with Crippen molar-refractivity contribution in [2.24, 2.45) is 0 Å². The smallest absolute Gasteiger partial charge is 0.130 e. The number of benzene rings is 4. The lowest BCUT2D eigenvalue weighted by molar-refractivity contribution is 0.397. The zero-order valence-electron chi connectivity index (χ0n) is 17.1. The molecule has 0 atom stereocenters. The van der Waals surface area contributed by atoms with Crippen molar-refractivity contribution in [3.63, 3.8) is 0 Å². The monoisotopic (exact) mass is 450 g/mol. The van der Waals surface area contributed by atoms with Crippen LogP contribution in [0.1, 0.15) is 0 Å². The molecule has 0 unspecified atom stereocenters. The van der Waals surface area contributed by atoms with Crippen molar-refractivity contribution in [3.8, 4) is 45.3 Å². The highest BCUT2D eigenvalue weighted by Crippen LogP contribution is 2.46. The summed E-state index contributed by atoms with van der Waals surface area (Å²) in [6.07, 6.45) is 0. The molecule has 0 aliphatic carbocycles. The zero-order valence-corrected chi connectivity index (χ0v) is 18.6. The molecule has 0 heterocycles. The molecule has 0 amide bonds. The molecule has 156 valence electrons. The largest absolute Gasteiger partial charge is 0.496 e. The lowest BCUT2D eigenvalue weighted by atomic mass is 9.98. The normalized spacial score (nSPS) is 10.6. The van der Waals surface area contributed by atoms with Crippen molar-refractivity contribution in [3.05, 3.63) is 95.0 Å². The molecule has 0 aromatic heterocycles. The predicted octanol–water partition coefficient (Wildman–Crippen LogP) is 8.14. The van der Waals surface area contributed by atoms with Crippen molar-refractivity contribution < 1.29 is 14.2 Å². The minimum absolute atomic E-state index is 0.437. The van der Waals surface area contributed by atoms with Crippen LogP contribution in [-0.2, 0) is 0 Å². The van der Waals surface area contributed by atoms with Gasteiger partial charge in [-0.15, -0.1) is 0 Å². The average Bonchev–Trinajstić information content (AvgIpc) is 2.82. The number of hydrogen-bond donors (Lipinski definition) is 0. The van der Waals surface area contributed by atoms with Gasteiger partial charge in [0, 0.05) is 11.1 Å². The summed E-state index contributed by atoms with van der Waals surface area (Å²) in [6, 6.07) is 26.8. The van der Waals surface area contributed by atoms with E-state index < -0.39 is 0 Å². The Morgan fingerprint density at radius 1 is 0.548 bits per heavy atom. The van der Waals surface area contributed by atoms with E-state index in [1.54, 1.807) is 14.2 Å². The molecular weight excluding hydrogens is 431 g/mol. The fourth-order valence-electron chi connectivity index (χ4n) is 3.41. The summed E-state index contributed by atoms with van der Waals surface area (Å²) < 4.78 is 16.9. The highest BCUT2D eigenvalue weighted by Gasteiger charge is 2.19. The van der Waals surface area contributed by atoms with Crippen molar-refractivity contribution in [2.45, 2.75) is 0 Å². The van der Waals surface area contributed by atoms with Crippen LogP contribution >= 0.6 is 23.2 Å². The van der Waals surface area contributed by atoms with E-state index in [1.165, 1.54) is 0 Å². The summed E-state index contributed by atoms with van der Waals surface area (Å²) in [4.78, 5) is 0. The number of ether oxygens (including phenoxy) is 3. The zero-order chi connectivity index (χ0) is 21.8. The maximum absolute atomic E-state index is 6.71. The Labute approximate surface area is 191 Å². The first-order valence-corrected chi connectivity index (χ1v) is 10.4. The van der Waals surface area contributed by atoms with E-state index in [4.69, 9.17) is 37.4 Å². The van der Waals surface area contributed by atoms with Crippen LogP contribution in [0.15, 0.2) is 84.9 Å². The summed E-state index contributed by atoms with van der Waals surface area (Å²) in [6.45, 7) is 0. The number of halogens is 2. The van der Waals surface area contributed by atoms with E-state index in [9.17, 15) is 0 Å². The molecule has 0 N–H and O–H groups in total. The Morgan fingerprint density at radius 3 is 1.71 bits per heavy atom. The Kier molecular flexibility index (Phi) is 6.36. The van der Waals surface area contributed by atoms with E-state index in [-0.39, 0.29) is 0 Å². The van der Waals surface area contributed by atoms with Gasteiger partial charge in [0.15, 0.2) is 0 Å². The third kappa shape index (κ3) is 4.34. The van der Waals surface area contributed by atoms with Gasteiger partial charge in [0.25, 0.3) is 0 Å². The molecule has 0 fully saturated rings. The summed E-state index contributed by atoms with van der Waals surface area (Å²) >= 11 is 13.4. The molecular formula is C26H20Cl2O3. The second kappa shape index (κ2) is 9.34. The average molecular weight is 451 g/mol. The van der Waals surface area contributed by atoms with Gasteiger partial charge >= 0.3 is 0 Å². The van der Waals surface area contributed by atoms with Gasteiger partial charge in [0.1, 0.15) is 23.0 Å². The highest BCUT2D eigenvalue weighted by atomic mass is 35.5. The van der Waals surface area contributed by atoms with Crippen LogP contribution in [0.25, 0.3) is 22.3 Å². The van der Waals surface area contributed by atoms with Crippen molar-refractivity contribution in [1.29, 1.82) is 0 Å². The van der Waals surface area contributed by atoms with E-state index in [2.05, 4.69) is 0 Å². The first-order chi connectivity index (χ1) is 15.1. The number of para-hydroxylation sites is 1. The number of methoxy groups -OCH3 is 2. The van der Waals surface area contributed by atoms with Crippen LogP contribution in [0.5, 0.6) is 23.0 Å². The topological polar surface area (TPSA) is 27.7 Å². The molecule has 3 nitrogen and oxygen atoms in total. The Balaban J connectivity index is 1.69. The van der Waals surface area contributed by atoms with Gasteiger partial charge in [-0.05, 0) is 42.0 Å². The van der Waals surface area contributed by atoms with Crippen LogP contribution < -0.4 is 14.2 Å². The van der Waals surface area contributed by atoms with Crippen LogP contribution in [0.3, 0.4) is 0 Å². The van der Waals surface area contributed by atoms with Crippen LogP contribution in [0, 0.1) is 0 Å². The molecule has 4 rings (SSSR count). The minimum Gasteiger partial charge on any atom is -0.496 e. The van der Waals surface area contributed by atoms with Gasteiger partial charge in [0.2, 0.25) is 0 Å². The maximum Gasteiger partial charge on any atom is 0.130 e. The molecule has 0 aliphatic rings. The predicted molar refractivity (Wildman–Crippen MR) is 127 cm³/mol. The summed E-state index contributed by atoms with van der Waals surface area (Å²) in [5.74, 6) is 2.85. The fourth-order valence-corrected chi connectivity index (χ4v) is 3.94. The Hall–Kier alpha value is -3.14. The third-order valence-electron chi connectivity index (χ3n) is 4.92. The van der Waals surface area contributed by atoms with Gasteiger partial charge in [0.05, 0.1) is 29.8 Å². The van der Waals surface area contributed by atoms with Crippen molar-refractivity contribution >= 4 is 23.2 Å². The molecule has 0 radical (unpaired) electrons. The number of rotatable bonds is 6. The molecule has 0 spiro atoms. The first-order valence-electron chi connectivity index (χ1n) is 9.65. The summed E-state index contributed by atoms with van der Waals surface area (Å²) in [7, 11) is 3.22. The SMILES string of the molecule is COc1cccc(OC)c1-c1ccc(-c2ccc(Oc3ccccc3)cc2)c(Cl)c1Cl. The second-order valence-corrected chi connectivity index (χ2v) is 7.52. The molecule has 0 saturated carbocycles. The minimum atomic E-state index is 0.437. The van der Waals surface area contributed by atoms with Crippen molar-refractivity contribution in [1.82, 2.24) is 0 Å². The van der Waals surface area contributed by atoms with Gasteiger partial charge in [-0.25, -0.2) is 0 Å². The van der Waals surface area contributed by atoms with E-state index in [1.807, 2.05) is 84.9 Å². The molecule has 0 aliphatic heterocycles. The summed E-state index contributed by atoms with van der Waals surface area (Å²) in [5, 5.41) is 0.899. The molecule has 31 heavy (non-hydrogen) atoms. The number of hydrogen-bond acceptors (Lipinski definition) is 3.